The number of benzene rings is 1. The van der Waals surface area contributed by atoms with Gasteiger partial charge in [-0.25, -0.2) is 0 Å². The van der Waals surface area contributed by atoms with E-state index in [1.54, 1.807) is 11.0 Å². The van der Waals surface area contributed by atoms with Crippen LogP contribution in [0.4, 0.5) is 11.4 Å². The van der Waals surface area contributed by atoms with Gasteiger partial charge in [-0.2, -0.15) is 0 Å². The molecule has 0 atom stereocenters. The molecule has 0 fully saturated rings. The first-order valence-corrected chi connectivity index (χ1v) is 10.2. The van der Waals surface area contributed by atoms with Crippen molar-refractivity contribution < 1.29 is 9.59 Å². The number of rotatable bonds is 3. The number of nitrogens with zero attached hydrogens (tertiary/aromatic N) is 1. The lowest BCUT2D eigenvalue weighted by molar-refractivity contribution is 0.0992. The van der Waals surface area contributed by atoms with Gasteiger partial charge in [-0.1, -0.05) is 12.1 Å². The largest absolute Gasteiger partial charge is 0.321 e. The second-order valence-corrected chi connectivity index (χ2v) is 8.39. The molecule has 0 bridgehead atoms. The van der Waals surface area contributed by atoms with Crippen LogP contribution in [0.1, 0.15) is 24.9 Å². The maximum absolute atomic E-state index is 12.7. The van der Waals surface area contributed by atoms with E-state index < -0.39 is 0 Å². The fourth-order valence-electron chi connectivity index (χ4n) is 2.83. The van der Waals surface area contributed by atoms with E-state index in [0.717, 1.165) is 27.0 Å². The highest BCUT2D eigenvalue weighted by Crippen LogP contribution is 2.33. The van der Waals surface area contributed by atoms with E-state index in [9.17, 15) is 9.59 Å². The molecular weight excluding hydrogens is 420 g/mol. The molecule has 1 aliphatic rings. The van der Waals surface area contributed by atoms with Gasteiger partial charge in [0, 0.05) is 27.8 Å². The number of halogens is 1. The molecule has 0 radical (unpaired) electrons. The van der Waals surface area contributed by atoms with E-state index in [1.807, 2.05) is 41.1 Å². The third kappa shape index (κ3) is 3.27. The van der Waals surface area contributed by atoms with Gasteiger partial charge in [0.15, 0.2) is 0 Å². The van der Waals surface area contributed by atoms with Crippen LogP contribution in [0.15, 0.2) is 51.6 Å². The average molecular weight is 433 g/mol. The first-order chi connectivity index (χ1) is 12.1. The predicted octanol–water partition coefficient (Wildman–Crippen LogP) is 5.03. The van der Waals surface area contributed by atoms with Crippen LogP contribution < -0.4 is 10.2 Å². The van der Waals surface area contributed by atoms with Crippen molar-refractivity contribution >= 4 is 61.8 Å². The number of hydrogen-bond donors (Lipinski definition) is 1. The second kappa shape index (κ2) is 6.74. The SMILES string of the molecule is O=C(Nc1ccc2c(c1)N(C(=O)c1cccs1)CC2)c1cc(Br)cs1. The molecule has 0 saturated carbocycles. The van der Waals surface area contributed by atoms with Crippen molar-refractivity contribution in [1.82, 2.24) is 0 Å². The van der Waals surface area contributed by atoms with Crippen molar-refractivity contribution in [3.63, 3.8) is 0 Å². The van der Waals surface area contributed by atoms with Gasteiger partial charge >= 0.3 is 0 Å². The highest BCUT2D eigenvalue weighted by atomic mass is 79.9. The molecule has 4 nitrogen and oxygen atoms in total. The summed E-state index contributed by atoms with van der Waals surface area (Å²) < 4.78 is 0.893. The minimum absolute atomic E-state index is 0.0133. The van der Waals surface area contributed by atoms with E-state index in [2.05, 4.69) is 21.2 Å². The van der Waals surface area contributed by atoms with Crippen molar-refractivity contribution in [3.8, 4) is 0 Å². The summed E-state index contributed by atoms with van der Waals surface area (Å²) in [6, 6.07) is 11.3. The standard InChI is InChI=1S/C18H13BrN2O2S2/c19-12-8-16(25-10-12)17(22)20-13-4-3-11-5-6-21(14(11)9-13)18(23)15-2-1-7-24-15/h1-4,7-10H,5-6H2,(H,20,22). The normalized spacial score (nSPS) is 12.9. The first kappa shape index (κ1) is 16.5. The van der Waals surface area contributed by atoms with Crippen molar-refractivity contribution in [2.45, 2.75) is 6.42 Å². The van der Waals surface area contributed by atoms with Crippen molar-refractivity contribution in [1.29, 1.82) is 0 Å². The monoisotopic (exact) mass is 432 g/mol. The predicted molar refractivity (Wildman–Crippen MR) is 106 cm³/mol. The smallest absolute Gasteiger partial charge is 0.268 e. The van der Waals surface area contributed by atoms with Crippen molar-refractivity contribution in [3.05, 3.63) is 66.9 Å². The number of amides is 2. The van der Waals surface area contributed by atoms with Crippen LogP contribution in [0, 0.1) is 0 Å². The summed E-state index contributed by atoms with van der Waals surface area (Å²) in [7, 11) is 0. The molecule has 0 unspecified atom stereocenters. The van der Waals surface area contributed by atoms with Gasteiger partial charge in [-0.3, -0.25) is 9.59 Å². The topological polar surface area (TPSA) is 49.4 Å². The molecule has 3 heterocycles. The van der Waals surface area contributed by atoms with E-state index >= 15 is 0 Å². The zero-order chi connectivity index (χ0) is 17.4. The van der Waals surface area contributed by atoms with Gasteiger partial charge in [0.05, 0.1) is 9.75 Å². The molecule has 3 aromatic rings. The Morgan fingerprint density at radius 2 is 2.00 bits per heavy atom. The molecule has 2 amide bonds. The molecule has 25 heavy (non-hydrogen) atoms. The van der Waals surface area contributed by atoms with Gasteiger partial charge in [-0.05, 0) is 57.6 Å². The highest BCUT2D eigenvalue weighted by molar-refractivity contribution is 9.10. The Morgan fingerprint density at radius 1 is 1.12 bits per heavy atom. The van der Waals surface area contributed by atoms with Crippen LogP contribution in [0.25, 0.3) is 0 Å². The zero-order valence-electron chi connectivity index (χ0n) is 13.0. The molecular formula is C18H13BrN2O2S2. The van der Waals surface area contributed by atoms with Gasteiger partial charge in [-0.15, -0.1) is 22.7 Å². The maximum Gasteiger partial charge on any atom is 0.268 e. The minimum atomic E-state index is -0.148. The van der Waals surface area contributed by atoms with Gasteiger partial charge in [0.1, 0.15) is 0 Å². The van der Waals surface area contributed by atoms with Gasteiger partial charge in [0.25, 0.3) is 11.8 Å². The lowest BCUT2D eigenvalue weighted by Gasteiger charge is -2.17. The van der Waals surface area contributed by atoms with Crippen molar-refractivity contribution in [2.75, 3.05) is 16.8 Å². The van der Waals surface area contributed by atoms with E-state index in [-0.39, 0.29) is 11.8 Å². The molecule has 4 rings (SSSR count). The fraction of sp³-hybridized carbons (Fsp3) is 0.111. The number of carbonyl (C=O) groups excluding carboxylic acids is 2. The van der Waals surface area contributed by atoms with Crippen LogP contribution in [-0.4, -0.2) is 18.4 Å². The molecule has 126 valence electrons. The fourth-order valence-corrected chi connectivity index (χ4v) is 4.82. The number of anilines is 2. The Balaban J connectivity index is 1.58. The summed E-state index contributed by atoms with van der Waals surface area (Å²) in [5.74, 6) is -0.135. The first-order valence-electron chi connectivity index (χ1n) is 7.65. The Labute approximate surface area is 161 Å². The number of hydrogen-bond acceptors (Lipinski definition) is 4. The molecule has 0 saturated heterocycles. The average Bonchev–Trinajstić information content (AvgIpc) is 3.34. The van der Waals surface area contributed by atoms with Gasteiger partial charge in [0.2, 0.25) is 0 Å². The summed E-state index contributed by atoms with van der Waals surface area (Å²) >= 11 is 6.18. The zero-order valence-corrected chi connectivity index (χ0v) is 16.2. The summed E-state index contributed by atoms with van der Waals surface area (Å²) in [5, 5.41) is 6.69. The van der Waals surface area contributed by atoms with Crippen molar-refractivity contribution in [2.24, 2.45) is 0 Å². The molecule has 0 spiro atoms. The molecule has 1 N–H and O–H groups in total. The number of thiophene rings is 2. The summed E-state index contributed by atoms with van der Waals surface area (Å²) in [5.41, 5.74) is 2.70. The van der Waals surface area contributed by atoms with E-state index in [0.29, 0.717) is 17.1 Å². The Kier molecular flexibility index (Phi) is 4.45. The van der Waals surface area contributed by atoms with Crippen LogP contribution in [-0.2, 0) is 6.42 Å². The Morgan fingerprint density at radius 3 is 2.72 bits per heavy atom. The number of nitrogens with one attached hydrogen (secondary N) is 1. The lowest BCUT2D eigenvalue weighted by Crippen LogP contribution is -2.28. The summed E-state index contributed by atoms with van der Waals surface area (Å²) in [6.07, 6.45) is 0.832. The number of fused-ring (bicyclic) bond motifs is 1. The third-order valence-corrected chi connectivity index (χ3v) is 6.55. The van der Waals surface area contributed by atoms with Crippen LogP contribution in [0.5, 0.6) is 0 Å². The Bertz CT molecular complexity index is 950. The third-order valence-electron chi connectivity index (χ3n) is 4.01. The second-order valence-electron chi connectivity index (χ2n) is 5.61. The maximum atomic E-state index is 12.7. The summed E-state index contributed by atoms with van der Waals surface area (Å²) in [4.78, 5) is 28.2. The molecule has 1 aliphatic heterocycles. The minimum Gasteiger partial charge on any atom is -0.321 e. The van der Waals surface area contributed by atoms with Gasteiger partial charge < -0.3 is 10.2 Å². The van der Waals surface area contributed by atoms with Crippen LogP contribution in [0.3, 0.4) is 0 Å². The molecule has 0 aliphatic carbocycles. The van der Waals surface area contributed by atoms with E-state index in [4.69, 9.17) is 0 Å². The molecule has 1 aromatic carbocycles. The van der Waals surface area contributed by atoms with Crippen LogP contribution >= 0.6 is 38.6 Å². The highest BCUT2D eigenvalue weighted by Gasteiger charge is 2.26. The lowest BCUT2D eigenvalue weighted by atomic mass is 10.1. The van der Waals surface area contributed by atoms with Crippen LogP contribution in [0.2, 0.25) is 0 Å². The number of carbonyl (C=O) groups is 2. The Hall–Kier alpha value is -1.96. The quantitative estimate of drug-likeness (QED) is 0.630. The molecule has 2 aromatic heterocycles. The molecule has 7 heteroatoms. The summed E-state index contributed by atoms with van der Waals surface area (Å²) in [6.45, 7) is 0.668. The van der Waals surface area contributed by atoms with E-state index in [1.165, 1.54) is 22.7 Å².